The standard InChI is InChI=1S/C18H31N5O.HI/c1-15(2)17(23-10-12-24-13-11-23)14-22-18(19-3)21-9-7-16-6-4-5-8-20-16;/h4-6,8,15,17H,7,9-14H2,1-3H3,(H2,19,21,22);1H. The molecule has 1 aliphatic heterocycles. The SMILES string of the molecule is CN=C(NCCc1ccccn1)NCC(C(C)C)N1CCOCC1.I. The molecule has 1 fully saturated rings. The van der Waals surface area contributed by atoms with Crippen LogP contribution in [0.5, 0.6) is 0 Å². The molecule has 2 N–H and O–H groups in total. The summed E-state index contributed by atoms with van der Waals surface area (Å²) in [6.45, 7) is 9.95. The van der Waals surface area contributed by atoms with E-state index in [4.69, 9.17) is 4.74 Å². The van der Waals surface area contributed by atoms with Gasteiger partial charge in [-0.05, 0) is 18.1 Å². The highest BCUT2D eigenvalue weighted by atomic mass is 127. The lowest BCUT2D eigenvalue weighted by Gasteiger charge is -2.37. The number of rotatable bonds is 7. The summed E-state index contributed by atoms with van der Waals surface area (Å²) in [6, 6.07) is 6.49. The number of halogens is 1. The van der Waals surface area contributed by atoms with E-state index in [2.05, 4.69) is 39.4 Å². The smallest absolute Gasteiger partial charge is 0.191 e. The molecule has 1 saturated heterocycles. The molecule has 1 aromatic rings. The number of hydrogen-bond donors (Lipinski definition) is 2. The van der Waals surface area contributed by atoms with E-state index in [1.807, 2.05) is 31.4 Å². The Hall–Kier alpha value is -0.930. The zero-order chi connectivity index (χ0) is 17.2. The Bertz CT molecular complexity index is 491. The second-order valence-corrected chi connectivity index (χ2v) is 6.41. The van der Waals surface area contributed by atoms with Crippen LogP contribution < -0.4 is 10.6 Å². The molecule has 0 amide bonds. The van der Waals surface area contributed by atoms with Crippen LogP contribution in [0.25, 0.3) is 0 Å². The normalized spacial score (nSPS) is 17.0. The summed E-state index contributed by atoms with van der Waals surface area (Å²) in [5.41, 5.74) is 1.09. The molecule has 2 rings (SSSR count). The molecule has 6 nitrogen and oxygen atoms in total. The van der Waals surface area contributed by atoms with Crippen molar-refractivity contribution in [3.05, 3.63) is 30.1 Å². The van der Waals surface area contributed by atoms with E-state index in [0.717, 1.165) is 57.5 Å². The number of aliphatic imine (C=N–C) groups is 1. The first-order valence-corrected chi connectivity index (χ1v) is 8.87. The molecule has 0 spiro atoms. The van der Waals surface area contributed by atoms with Crippen molar-refractivity contribution >= 4 is 29.9 Å². The van der Waals surface area contributed by atoms with Gasteiger partial charge >= 0.3 is 0 Å². The molecule has 0 radical (unpaired) electrons. The Morgan fingerprint density at radius 2 is 2.04 bits per heavy atom. The Morgan fingerprint density at radius 3 is 2.64 bits per heavy atom. The quantitative estimate of drug-likeness (QED) is 0.368. The second kappa shape index (κ2) is 12.4. The number of hydrogen-bond acceptors (Lipinski definition) is 4. The summed E-state index contributed by atoms with van der Waals surface area (Å²) in [7, 11) is 1.81. The molecule has 7 heteroatoms. The lowest BCUT2D eigenvalue weighted by Crippen LogP contribution is -2.52. The molecule has 25 heavy (non-hydrogen) atoms. The van der Waals surface area contributed by atoms with Crippen molar-refractivity contribution in [2.75, 3.05) is 46.4 Å². The number of aromatic nitrogens is 1. The third-order valence-corrected chi connectivity index (χ3v) is 4.39. The van der Waals surface area contributed by atoms with Gasteiger partial charge in [0.15, 0.2) is 5.96 Å². The fraction of sp³-hybridized carbons (Fsp3) is 0.667. The zero-order valence-electron chi connectivity index (χ0n) is 15.6. The summed E-state index contributed by atoms with van der Waals surface area (Å²) in [4.78, 5) is 11.2. The van der Waals surface area contributed by atoms with Gasteiger partial charge in [-0.1, -0.05) is 19.9 Å². The summed E-state index contributed by atoms with van der Waals surface area (Å²) < 4.78 is 5.47. The average molecular weight is 461 g/mol. The van der Waals surface area contributed by atoms with Crippen molar-refractivity contribution in [2.24, 2.45) is 10.9 Å². The molecule has 1 atom stereocenters. The van der Waals surface area contributed by atoms with Crippen LogP contribution in [0.4, 0.5) is 0 Å². The van der Waals surface area contributed by atoms with Crippen LogP contribution in [0.3, 0.4) is 0 Å². The highest BCUT2D eigenvalue weighted by Crippen LogP contribution is 2.12. The van der Waals surface area contributed by atoms with Crippen molar-refractivity contribution < 1.29 is 4.74 Å². The minimum Gasteiger partial charge on any atom is -0.379 e. The van der Waals surface area contributed by atoms with Gasteiger partial charge in [0.05, 0.1) is 13.2 Å². The third-order valence-electron chi connectivity index (χ3n) is 4.39. The molecule has 142 valence electrons. The van der Waals surface area contributed by atoms with Gasteiger partial charge < -0.3 is 15.4 Å². The van der Waals surface area contributed by atoms with Gasteiger partial charge in [-0.3, -0.25) is 14.9 Å². The Balaban J connectivity index is 0.00000312. The van der Waals surface area contributed by atoms with Crippen LogP contribution in [0.2, 0.25) is 0 Å². The Morgan fingerprint density at radius 1 is 1.28 bits per heavy atom. The lowest BCUT2D eigenvalue weighted by atomic mass is 10.0. The summed E-state index contributed by atoms with van der Waals surface area (Å²) in [5.74, 6) is 1.44. The molecule has 2 heterocycles. The topological polar surface area (TPSA) is 61.8 Å². The van der Waals surface area contributed by atoms with Crippen molar-refractivity contribution in [1.82, 2.24) is 20.5 Å². The van der Waals surface area contributed by atoms with Crippen molar-refractivity contribution in [3.8, 4) is 0 Å². The van der Waals surface area contributed by atoms with Gasteiger partial charge in [0.2, 0.25) is 0 Å². The van der Waals surface area contributed by atoms with E-state index < -0.39 is 0 Å². The van der Waals surface area contributed by atoms with Crippen LogP contribution >= 0.6 is 24.0 Å². The summed E-state index contributed by atoms with van der Waals surface area (Å²) in [5, 5.41) is 6.84. The average Bonchev–Trinajstić information content (AvgIpc) is 2.62. The largest absolute Gasteiger partial charge is 0.379 e. The predicted molar refractivity (Wildman–Crippen MR) is 114 cm³/mol. The van der Waals surface area contributed by atoms with Crippen LogP contribution in [-0.4, -0.2) is 68.3 Å². The highest BCUT2D eigenvalue weighted by molar-refractivity contribution is 14.0. The first-order chi connectivity index (χ1) is 11.7. The minimum atomic E-state index is 0. The molecule has 0 bridgehead atoms. The Kier molecular flexibility index (Phi) is 11.0. The lowest BCUT2D eigenvalue weighted by molar-refractivity contribution is 0.00752. The van der Waals surface area contributed by atoms with E-state index in [1.54, 1.807) is 0 Å². The number of morpholine rings is 1. The maximum atomic E-state index is 5.47. The second-order valence-electron chi connectivity index (χ2n) is 6.41. The minimum absolute atomic E-state index is 0. The van der Waals surface area contributed by atoms with E-state index in [-0.39, 0.29) is 24.0 Å². The number of nitrogens with zero attached hydrogens (tertiary/aromatic N) is 3. The highest BCUT2D eigenvalue weighted by Gasteiger charge is 2.23. The van der Waals surface area contributed by atoms with Crippen molar-refractivity contribution in [1.29, 1.82) is 0 Å². The fourth-order valence-electron chi connectivity index (χ4n) is 2.97. The summed E-state index contributed by atoms with van der Waals surface area (Å²) >= 11 is 0. The molecule has 0 aliphatic carbocycles. The van der Waals surface area contributed by atoms with Gasteiger partial charge in [-0.25, -0.2) is 0 Å². The van der Waals surface area contributed by atoms with E-state index in [1.165, 1.54) is 0 Å². The first-order valence-electron chi connectivity index (χ1n) is 8.87. The number of guanidine groups is 1. The summed E-state index contributed by atoms with van der Waals surface area (Å²) in [6.07, 6.45) is 2.72. The van der Waals surface area contributed by atoms with Crippen molar-refractivity contribution in [3.63, 3.8) is 0 Å². The predicted octanol–water partition coefficient (Wildman–Crippen LogP) is 1.76. The van der Waals surface area contributed by atoms with Crippen LogP contribution in [0.1, 0.15) is 19.5 Å². The third kappa shape index (κ3) is 7.87. The molecular weight excluding hydrogens is 429 g/mol. The number of ether oxygens (including phenoxy) is 1. The maximum Gasteiger partial charge on any atom is 0.191 e. The van der Waals surface area contributed by atoms with Gasteiger partial charge in [-0.15, -0.1) is 24.0 Å². The molecule has 1 unspecified atom stereocenters. The van der Waals surface area contributed by atoms with Gasteiger partial charge in [0.25, 0.3) is 0 Å². The van der Waals surface area contributed by atoms with Crippen LogP contribution in [0.15, 0.2) is 29.4 Å². The van der Waals surface area contributed by atoms with Gasteiger partial charge in [0.1, 0.15) is 0 Å². The molecular formula is C18H32IN5O. The number of pyridine rings is 1. The maximum absolute atomic E-state index is 5.47. The van der Waals surface area contributed by atoms with Crippen LogP contribution in [-0.2, 0) is 11.2 Å². The van der Waals surface area contributed by atoms with Gasteiger partial charge in [0, 0.05) is 57.6 Å². The first kappa shape index (κ1) is 22.1. The molecule has 0 saturated carbocycles. The van der Waals surface area contributed by atoms with Gasteiger partial charge in [-0.2, -0.15) is 0 Å². The fourth-order valence-corrected chi connectivity index (χ4v) is 2.97. The zero-order valence-corrected chi connectivity index (χ0v) is 17.9. The van der Waals surface area contributed by atoms with E-state index in [9.17, 15) is 0 Å². The Labute approximate surface area is 168 Å². The number of nitrogens with one attached hydrogen (secondary N) is 2. The van der Waals surface area contributed by atoms with Crippen LogP contribution in [0, 0.1) is 5.92 Å². The molecule has 1 aliphatic rings. The van der Waals surface area contributed by atoms with Crippen molar-refractivity contribution in [2.45, 2.75) is 26.3 Å². The van der Waals surface area contributed by atoms with E-state index >= 15 is 0 Å². The molecule has 0 aromatic carbocycles. The molecule has 1 aromatic heterocycles. The monoisotopic (exact) mass is 461 g/mol. The van der Waals surface area contributed by atoms with E-state index in [0.29, 0.717) is 12.0 Å².